The minimum atomic E-state index is -0.442. The fraction of sp³-hybridized carbons (Fsp3) is 0.360. The lowest BCUT2D eigenvalue weighted by Crippen LogP contribution is -2.45. The highest BCUT2D eigenvalue weighted by Crippen LogP contribution is 2.44. The van der Waals surface area contributed by atoms with Gasteiger partial charge in [0, 0.05) is 29.0 Å². The van der Waals surface area contributed by atoms with Crippen LogP contribution >= 0.6 is 11.6 Å². The summed E-state index contributed by atoms with van der Waals surface area (Å²) in [7, 11) is 2.08. The fourth-order valence-electron chi connectivity index (χ4n) is 4.26. The zero-order chi connectivity index (χ0) is 22.2. The third-order valence-electron chi connectivity index (χ3n) is 5.90. The molecular weight excluding hydrogens is 394 g/mol. The van der Waals surface area contributed by atoms with Gasteiger partial charge in [0.15, 0.2) is 0 Å². The molecule has 1 unspecified atom stereocenters. The van der Waals surface area contributed by atoms with Crippen molar-refractivity contribution in [2.45, 2.75) is 52.5 Å². The summed E-state index contributed by atoms with van der Waals surface area (Å²) in [4.78, 5) is 15.0. The van der Waals surface area contributed by atoms with E-state index in [0.29, 0.717) is 22.2 Å². The van der Waals surface area contributed by atoms with E-state index >= 15 is 0 Å². The molecule has 0 spiro atoms. The Balaban J connectivity index is 1.95. The highest BCUT2D eigenvalue weighted by Gasteiger charge is 2.34. The van der Waals surface area contributed by atoms with Crippen LogP contribution < -0.4 is 10.2 Å². The topological polar surface area (TPSA) is 56.1 Å². The first-order chi connectivity index (χ1) is 14.0. The van der Waals surface area contributed by atoms with E-state index in [4.69, 9.17) is 11.6 Å². The van der Waals surface area contributed by atoms with Crippen LogP contribution in [-0.4, -0.2) is 18.5 Å². The average Bonchev–Trinajstić information content (AvgIpc) is 2.63. The molecule has 1 heterocycles. The molecule has 0 saturated heterocycles. The smallest absolute Gasteiger partial charge is 0.266 e. The lowest BCUT2D eigenvalue weighted by molar-refractivity contribution is -0.112. The molecule has 2 aromatic carbocycles. The number of hydrogen-bond acceptors (Lipinski definition) is 3. The number of nitrogens with zero attached hydrogens (tertiary/aromatic N) is 2. The van der Waals surface area contributed by atoms with Crippen LogP contribution in [0.4, 0.5) is 11.4 Å². The highest BCUT2D eigenvalue weighted by molar-refractivity contribution is 6.32. The second kappa shape index (κ2) is 8.16. The number of halogens is 1. The van der Waals surface area contributed by atoms with Gasteiger partial charge in [-0.15, -0.1) is 0 Å². The van der Waals surface area contributed by atoms with E-state index in [0.717, 1.165) is 23.2 Å². The van der Waals surface area contributed by atoms with Crippen LogP contribution in [0, 0.1) is 25.2 Å². The Bertz CT molecular complexity index is 1060. The molecule has 0 aromatic heterocycles. The van der Waals surface area contributed by atoms with Crippen LogP contribution in [-0.2, 0) is 4.79 Å². The molecule has 3 rings (SSSR count). The summed E-state index contributed by atoms with van der Waals surface area (Å²) in [6.45, 7) is 10.6. The Morgan fingerprint density at radius 1 is 1.23 bits per heavy atom. The molecule has 1 amide bonds. The van der Waals surface area contributed by atoms with Gasteiger partial charge in [-0.2, -0.15) is 5.26 Å². The molecule has 156 valence electrons. The lowest BCUT2D eigenvalue weighted by Gasteiger charge is -2.45. The first kappa shape index (κ1) is 21.9. The fourth-order valence-corrected chi connectivity index (χ4v) is 4.48. The van der Waals surface area contributed by atoms with Crippen molar-refractivity contribution >= 4 is 35.0 Å². The Morgan fingerprint density at radius 3 is 2.47 bits per heavy atom. The van der Waals surface area contributed by atoms with Gasteiger partial charge in [-0.25, -0.2) is 0 Å². The van der Waals surface area contributed by atoms with Gasteiger partial charge in [-0.05, 0) is 92.6 Å². The molecule has 1 N–H and O–H groups in total. The van der Waals surface area contributed by atoms with Crippen molar-refractivity contribution in [3.63, 3.8) is 0 Å². The number of aryl methyl sites for hydroxylation is 2. The first-order valence-electron chi connectivity index (χ1n) is 10.1. The third-order valence-corrected chi connectivity index (χ3v) is 6.22. The molecule has 1 atom stereocenters. The van der Waals surface area contributed by atoms with Gasteiger partial charge < -0.3 is 10.2 Å². The molecule has 0 fully saturated rings. The molecule has 0 bridgehead atoms. The van der Waals surface area contributed by atoms with Crippen LogP contribution in [0.3, 0.4) is 0 Å². The Hall–Kier alpha value is -2.77. The molecule has 5 heteroatoms. The molecule has 1 aliphatic rings. The standard InChI is InChI=1S/C25H28ClN3O/c1-15-7-16(2)9-20(8-15)28-24(30)19(14-27)10-18-11-21-17(3)13-25(4,5)29(6)23(21)12-22(18)26/h7-12,17H,13H2,1-6H3,(H,28,30)/b19-10-. The minimum absolute atomic E-state index is 0.0214. The number of amides is 1. The Labute approximate surface area is 184 Å². The van der Waals surface area contributed by atoms with E-state index < -0.39 is 5.91 Å². The number of anilines is 2. The second-order valence-corrected chi connectivity index (χ2v) is 9.32. The molecule has 0 aliphatic carbocycles. The van der Waals surface area contributed by atoms with Gasteiger partial charge in [-0.3, -0.25) is 4.79 Å². The Morgan fingerprint density at radius 2 is 1.87 bits per heavy atom. The van der Waals surface area contributed by atoms with Gasteiger partial charge in [0.1, 0.15) is 11.6 Å². The molecular formula is C25H28ClN3O. The summed E-state index contributed by atoms with van der Waals surface area (Å²) in [6.07, 6.45) is 2.59. The van der Waals surface area contributed by atoms with Crippen molar-refractivity contribution < 1.29 is 4.79 Å². The molecule has 2 aromatic rings. The zero-order valence-corrected chi connectivity index (χ0v) is 19.2. The van der Waals surface area contributed by atoms with Crippen molar-refractivity contribution in [2.24, 2.45) is 0 Å². The van der Waals surface area contributed by atoms with Crippen molar-refractivity contribution in [3.05, 3.63) is 63.2 Å². The van der Waals surface area contributed by atoms with Crippen LogP contribution in [0.25, 0.3) is 6.08 Å². The Kier molecular flexibility index (Phi) is 5.97. The number of hydrogen-bond donors (Lipinski definition) is 1. The summed E-state index contributed by atoms with van der Waals surface area (Å²) in [5, 5.41) is 13.0. The van der Waals surface area contributed by atoms with E-state index in [1.54, 1.807) is 6.08 Å². The molecule has 4 nitrogen and oxygen atoms in total. The quantitative estimate of drug-likeness (QED) is 0.472. The second-order valence-electron chi connectivity index (χ2n) is 8.91. The van der Waals surface area contributed by atoms with Gasteiger partial charge in [0.05, 0.1) is 0 Å². The van der Waals surface area contributed by atoms with Crippen molar-refractivity contribution in [3.8, 4) is 6.07 Å². The maximum atomic E-state index is 12.7. The summed E-state index contributed by atoms with van der Waals surface area (Å²) >= 11 is 6.56. The van der Waals surface area contributed by atoms with E-state index in [2.05, 4.69) is 38.0 Å². The number of carbonyl (C=O) groups is 1. The van der Waals surface area contributed by atoms with E-state index in [-0.39, 0.29) is 11.1 Å². The maximum absolute atomic E-state index is 12.7. The number of nitriles is 1. The van der Waals surface area contributed by atoms with Crippen molar-refractivity contribution in [2.75, 3.05) is 17.3 Å². The van der Waals surface area contributed by atoms with Gasteiger partial charge in [-0.1, -0.05) is 24.6 Å². The highest BCUT2D eigenvalue weighted by atomic mass is 35.5. The maximum Gasteiger partial charge on any atom is 0.266 e. The minimum Gasteiger partial charge on any atom is -0.369 e. The number of carbonyl (C=O) groups excluding carboxylic acids is 1. The predicted octanol–water partition coefficient (Wildman–Crippen LogP) is 6.22. The van der Waals surface area contributed by atoms with Crippen molar-refractivity contribution in [1.82, 2.24) is 0 Å². The largest absolute Gasteiger partial charge is 0.369 e. The monoisotopic (exact) mass is 421 g/mol. The third kappa shape index (κ3) is 4.37. The van der Waals surface area contributed by atoms with E-state index in [1.807, 2.05) is 50.2 Å². The van der Waals surface area contributed by atoms with Gasteiger partial charge in [0.25, 0.3) is 5.91 Å². The zero-order valence-electron chi connectivity index (χ0n) is 18.4. The number of benzene rings is 2. The average molecular weight is 422 g/mol. The molecule has 0 saturated carbocycles. The molecule has 1 aliphatic heterocycles. The predicted molar refractivity (Wildman–Crippen MR) is 125 cm³/mol. The molecule has 0 radical (unpaired) electrons. The van der Waals surface area contributed by atoms with Gasteiger partial charge >= 0.3 is 0 Å². The van der Waals surface area contributed by atoms with Crippen LogP contribution in [0.2, 0.25) is 5.02 Å². The van der Waals surface area contributed by atoms with Crippen molar-refractivity contribution in [1.29, 1.82) is 5.26 Å². The number of nitrogens with one attached hydrogen (secondary N) is 1. The summed E-state index contributed by atoms with van der Waals surface area (Å²) in [6, 6.07) is 11.8. The van der Waals surface area contributed by atoms with E-state index in [1.165, 1.54) is 5.56 Å². The summed E-state index contributed by atoms with van der Waals surface area (Å²) in [5.74, 6) is -0.0900. The number of rotatable bonds is 3. The lowest BCUT2D eigenvalue weighted by atomic mass is 9.80. The SMILES string of the molecule is Cc1cc(C)cc(NC(=O)/C(C#N)=C\c2cc3c(cc2Cl)N(C)C(C)(C)CC3C)c1. The van der Waals surface area contributed by atoms with Crippen LogP contribution in [0.1, 0.15) is 55.4 Å². The van der Waals surface area contributed by atoms with E-state index in [9.17, 15) is 10.1 Å². The normalized spacial score (nSPS) is 17.9. The van der Waals surface area contributed by atoms with Gasteiger partial charge in [0.2, 0.25) is 0 Å². The molecule has 30 heavy (non-hydrogen) atoms. The first-order valence-corrected chi connectivity index (χ1v) is 10.5. The van der Waals surface area contributed by atoms with Crippen LogP contribution in [0.5, 0.6) is 0 Å². The van der Waals surface area contributed by atoms with Crippen LogP contribution in [0.15, 0.2) is 35.9 Å². The summed E-state index contributed by atoms with van der Waals surface area (Å²) < 4.78 is 0. The number of fused-ring (bicyclic) bond motifs is 1. The summed E-state index contributed by atoms with van der Waals surface area (Å²) in [5.41, 5.74) is 5.79.